The summed E-state index contributed by atoms with van der Waals surface area (Å²) in [5.41, 5.74) is 0.658. The number of ether oxygens (including phenoxy) is 1. The third-order valence-electron chi connectivity index (χ3n) is 1.78. The molecule has 2 aromatic heterocycles. The summed E-state index contributed by atoms with van der Waals surface area (Å²) in [6, 6.07) is 1.50. The molecule has 1 N–H and O–H groups in total. The van der Waals surface area contributed by atoms with Gasteiger partial charge in [0.2, 0.25) is 0 Å². The zero-order chi connectivity index (χ0) is 10.8. The van der Waals surface area contributed by atoms with E-state index in [1.807, 2.05) is 0 Å². The van der Waals surface area contributed by atoms with Crippen LogP contribution in [0.1, 0.15) is 17.4 Å². The predicted octanol–water partition coefficient (Wildman–Crippen LogP) is 0.612. The van der Waals surface area contributed by atoms with Crippen LogP contribution < -0.4 is 0 Å². The molecule has 6 heteroatoms. The summed E-state index contributed by atoms with van der Waals surface area (Å²) in [4.78, 5) is 15.2. The molecule has 0 radical (unpaired) electrons. The Morgan fingerprint density at radius 3 is 3.20 bits per heavy atom. The van der Waals surface area contributed by atoms with Crippen LogP contribution >= 0.6 is 0 Å². The fraction of sp³-hybridized carbons (Fsp3) is 0.222. The molecule has 2 heterocycles. The molecule has 0 fully saturated rings. The number of hydrogen-bond donors (Lipinski definition) is 1. The number of carbonyl (C=O) groups excluding carboxylic acids is 1. The monoisotopic (exact) mass is 207 g/mol. The van der Waals surface area contributed by atoms with Gasteiger partial charge in [0.15, 0.2) is 17.1 Å². The first-order valence-electron chi connectivity index (χ1n) is 4.42. The Hall–Kier alpha value is -2.11. The Labute approximate surface area is 85.1 Å². The molecule has 2 aromatic rings. The first-order valence-corrected chi connectivity index (χ1v) is 4.42. The summed E-state index contributed by atoms with van der Waals surface area (Å²) in [5.74, 6) is -0.511. The van der Waals surface area contributed by atoms with Crippen molar-refractivity contribution in [3.05, 3.63) is 24.2 Å². The number of hydrogen-bond acceptors (Lipinski definition) is 5. The average molecular weight is 207 g/mol. The molecule has 0 aliphatic rings. The molecule has 0 aliphatic carbocycles. The van der Waals surface area contributed by atoms with Crippen LogP contribution in [-0.2, 0) is 4.74 Å². The van der Waals surface area contributed by atoms with Crippen LogP contribution in [0.3, 0.4) is 0 Å². The summed E-state index contributed by atoms with van der Waals surface area (Å²) >= 11 is 0. The Morgan fingerprint density at radius 1 is 1.67 bits per heavy atom. The van der Waals surface area contributed by atoms with E-state index in [-0.39, 0.29) is 11.4 Å². The van der Waals surface area contributed by atoms with Crippen LogP contribution in [0.5, 0.6) is 5.75 Å². The molecule has 0 saturated carbocycles. The highest BCUT2D eigenvalue weighted by atomic mass is 16.5. The van der Waals surface area contributed by atoms with Gasteiger partial charge < -0.3 is 9.84 Å². The van der Waals surface area contributed by atoms with Crippen molar-refractivity contribution >= 4 is 11.6 Å². The lowest BCUT2D eigenvalue weighted by Gasteiger charge is -1.95. The largest absolute Gasteiger partial charge is 0.505 e. The van der Waals surface area contributed by atoms with Crippen LogP contribution in [0, 0.1) is 0 Å². The Morgan fingerprint density at radius 2 is 2.47 bits per heavy atom. The van der Waals surface area contributed by atoms with Crippen LogP contribution in [0.2, 0.25) is 0 Å². The number of esters is 1. The zero-order valence-corrected chi connectivity index (χ0v) is 8.04. The standard InChI is InChI=1S/C9H9N3O3/c1-2-15-9(14)7-3-8-10-4-6(13)5-12(8)11-7/h3-5,13H,2H2,1H3. The molecule has 78 valence electrons. The fourth-order valence-corrected chi connectivity index (χ4v) is 1.17. The first-order chi connectivity index (χ1) is 7.20. The number of rotatable bonds is 2. The van der Waals surface area contributed by atoms with Crippen LogP contribution in [0.15, 0.2) is 18.5 Å². The minimum absolute atomic E-state index is 0.0130. The van der Waals surface area contributed by atoms with Crippen LogP contribution in [0.25, 0.3) is 5.65 Å². The maximum absolute atomic E-state index is 11.3. The molecule has 15 heavy (non-hydrogen) atoms. The van der Waals surface area contributed by atoms with Gasteiger partial charge in [0, 0.05) is 6.07 Å². The van der Waals surface area contributed by atoms with E-state index in [0.29, 0.717) is 12.3 Å². The third-order valence-corrected chi connectivity index (χ3v) is 1.78. The number of carbonyl (C=O) groups is 1. The summed E-state index contributed by atoms with van der Waals surface area (Å²) in [6.07, 6.45) is 2.65. The van der Waals surface area contributed by atoms with Crippen molar-refractivity contribution in [3.63, 3.8) is 0 Å². The van der Waals surface area contributed by atoms with Crippen LogP contribution in [-0.4, -0.2) is 32.3 Å². The molecular weight excluding hydrogens is 198 g/mol. The Balaban J connectivity index is 2.42. The number of nitrogens with zero attached hydrogens (tertiary/aromatic N) is 3. The molecule has 0 saturated heterocycles. The normalized spacial score (nSPS) is 10.5. The maximum Gasteiger partial charge on any atom is 0.358 e. The van der Waals surface area contributed by atoms with Crippen molar-refractivity contribution in [1.82, 2.24) is 14.6 Å². The second-order valence-corrected chi connectivity index (χ2v) is 2.86. The molecule has 2 rings (SSSR count). The zero-order valence-electron chi connectivity index (χ0n) is 8.04. The van der Waals surface area contributed by atoms with E-state index in [4.69, 9.17) is 9.84 Å². The molecular formula is C9H9N3O3. The summed E-state index contributed by atoms with van der Waals surface area (Å²) in [5, 5.41) is 13.1. The van der Waals surface area contributed by atoms with E-state index in [9.17, 15) is 4.79 Å². The smallest absolute Gasteiger partial charge is 0.358 e. The molecule has 0 unspecified atom stereocenters. The molecule has 0 spiro atoms. The molecule has 6 nitrogen and oxygen atoms in total. The minimum atomic E-state index is -0.498. The predicted molar refractivity (Wildman–Crippen MR) is 50.6 cm³/mol. The second-order valence-electron chi connectivity index (χ2n) is 2.86. The summed E-state index contributed by atoms with van der Waals surface area (Å²) < 4.78 is 6.10. The quantitative estimate of drug-likeness (QED) is 0.730. The molecule has 0 amide bonds. The van der Waals surface area contributed by atoms with Gasteiger partial charge in [-0.05, 0) is 6.92 Å². The topological polar surface area (TPSA) is 76.7 Å². The van der Waals surface area contributed by atoms with Crippen molar-refractivity contribution in [2.45, 2.75) is 6.92 Å². The average Bonchev–Trinajstić information content (AvgIpc) is 2.60. The molecule has 0 aromatic carbocycles. The number of aromatic nitrogens is 3. The highest BCUT2D eigenvalue weighted by Gasteiger charge is 2.12. The van der Waals surface area contributed by atoms with E-state index < -0.39 is 5.97 Å². The lowest BCUT2D eigenvalue weighted by atomic mass is 10.4. The van der Waals surface area contributed by atoms with Crippen molar-refractivity contribution < 1.29 is 14.6 Å². The first kappa shape index (κ1) is 9.45. The Bertz CT molecular complexity index is 506. The summed E-state index contributed by atoms with van der Waals surface area (Å²) in [6.45, 7) is 2.02. The second kappa shape index (κ2) is 3.56. The van der Waals surface area contributed by atoms with Gasteiger partial charge in [-0.2, -0.15) is 5.10 Å². The lowest BCUT2D eigenvalue weighted by molar-refractivity contribution is 0.0519. The maximum atomic E-state index is 11.3. The lowest BCUT2D eigenvalue weighted by Crippen LogP contribution is -2.05. The van der Waals surface area contributed by atoms with Gasteiger partial charge in [-0.1, -0.05) is 0 Å². The molecule has 0 aliphatic heterocycles. The Kier molecular flexibility index (Phi) is 2.24. The van der Waals surface area contributed by atoms with Gasteiger partial charge in [0.1, 0.15) is 0 Å². The number of fused-ring (bicyclic) bond motifs is 1. The third kappa shape index (κ3) is 1.74. The van der Waals surface area contributed by atoms with Gasteiger partial charge in [-0.3, -0.25) is 0 Å². The summed E-state index contributed by atoms with van der Waals surface area (Å²) in [7, 11) is 0. The van der Waals surface area contributed by atoms with Crippen molar-refractivity contribution in [2.75, 3.05) is 6.61 Å². The molecule has 0 bridgehead atoms. The van der Waals surface area contributed by atoms with E-state index >= 15 is 0 Å². The van der Waals surface area contributed by atoms with Gasteiger partial charge >= 0.3 is 5.97 Å². The van der Waals surface area contributed by atoms with Gasteiger partial charge in [-0.15, -0.1) is 0 Å². The van der Waals surface area contributed by atoms with E-state index in [1.165, 1.54) is 23.0 Å². The van der Waals surface area contributed by atoms with Crippen LogP contribution in [0.4, 0.5) is 0 Å². The van der Waals surface area contributed by atoms with Gasteiger partial charge in [0.05, 0.1) is 19.0 Å². The van der Waals surface area contributed by atoms with E-state index in [1.54, 1.807) is 6.92 Å². The SMILES string of the molecule is CCOC(=O)c1cc2ncc(O)cn2n1. The van der Waals surface area contributed by atoms with Gasteiger partial charge in [-0.25, -0.2) is 14.3 Å². The van der Waals surface area contributed by atoms with E-state index in [2.05, 4.69) is 10.1 Å². The highest BCUT2D eigenvalue weighted by Crippen LogP contribution is 2.09. The van der Waals surface area contributed by atoms with Gasteiger partial charge in [0.25, 0.3) is 0 Å². The van der Waals surface area contributed by atoms with Crippen molar-refractivity contribution in [3.8, 4) is 5.75 Å². The fourth-order valence-electron chi connectivity index (χ4n) is 1.17. The van der Waals surface area contributed by atoms with Crippen molar-refractivity contribution in [2.24, 2.45) is 0 Å². The highest BCUT2D eigenvalue weighted by molar-refractivity contribution is 5.88. The van der Waals surface area contributed by atoms with Crippen molar-refractivity contribution in [1.29, 1.82) is 0 Å². The minimum Gasteiger partial charge on any atom is -0.505 e. The number of aromatic hydroxyl groups is 1. The van der Waals surface area contributed by atoms with E-state index in [0.717, 1.165) is 0 Å². The molecule has 0 atom stereocenters.